The molecule has 1 heterocycles. The van der Waals surface area contributed by atoms with Crippen molar-refractivity contribution in [3.8, 4) is 5.69 Å². The van der Waals surface area contributed by atoms with E-state index < -0.39 is 30.1 Å². The first kappa shape index (κ1) is 19.4. The molecule has 2 aromatic carbocycles. The van der Waals surface area contributed by atoms with E-state index in [-0.39, 0.29) is 17.1 Å². The largest absolute Gasteiger partial charge is 0.451 e. The Morgan fingerprint density at radius 2 is 1.96 bits per heavy atom. The number of nitrogens with zero attached hydrogens (tertiary/aromatic N) is 3. The zero-order chi connectivity index (χ0) is 20.3. The lowest BCUT2D eigenvalue weighted by molar-refractivity contribution is -0.119. The third-order valence-electron chi connectivity index (χ3n) is 3.55. The molecule has 28 heavy (non-hydrogen) atoms. The van der Waals surface area contributed by atoms with Crippen LogP contribution in [0.25, 0.3) is 5.69 Å². The van der Waals surface area contributed by atoms with Gasteiger partial charge in [0.2, 0.25) is 0 Å². The molecule has 0 spiro atoms. The average molecular weight is 407 g/mol. The number of nitrogens with one attached hydrogen (secondary N) is 1. The van der Waals surface area contributed by atoms with Crippen LogP contribution in [0.2, 0.25) is 5.02 Å². The van der Waals surface area contributed by atoms with Gasteiger partial charge in [-0.25, -0.2) is 13.6 Å². The molecule has 1 N–H and O–H groups in total. The van der Waals surface area contributed by atoms with Gasteiger partial charge in [0.1, 0.15) is 11.6 Å². The average Bonchev–Trinajstić information content (AvgIpc) is 3.04. The first-order valence-electron chi connectivity index (χ1n) is 7.95. The second-order valence-corrected chi connectivity index (χ2v) is 6.09. The summed E-state index contributed by atoms with van der Waals surface area (Å²) in [5.41, 5.74) is 0.514. The van der Waals surface area contributed by atoms with Crippen LogP contribution in [0.3, 0.4) is 0 Å². The number of hydrogen-bond donors (Lipinski definition) is 1. The molecular formula is C18H13ClF2N4O3. The van der Waals surface area contributed by atoms with Gasteiger partial charge in [0.25, 0.3) is 5.91 Å². The zero-order valence-corrected chi connectivity index (χ0v) is 15.2. The minimum atomic E-state index is -0.944. The molecule has 1 aromatic heterocycles. The van der Waals surface area contributed by atoms with Crippen LogP contribution in [-0.2, 0) is 9.53 Å². The third kappa shape index (κ3) is 4.49. The van der Waals surface area contributed by atoms with Crippen molar-refractivity contribution in [2.75, 3.05) is 11.9 Å². The van der Waals surface area contributed by atoms with E-state index in [4.69, 9.17) is 16.3 Å². The number of aromatic nitrogens is 3. The number of aryl methyl sites for hydroxylation is 1. The molecule has 0 saturated carbocycles. The summed E-state index contributed by atoms with van der Waals surface area (Å²) in [7, 11) is 0. The normalized spacial score (nSPS) is 10.6. The molecule has 0 aliphatic rings. The van der Waals surface area contributed by atoms with Gasteiger partial charge in [-0.2, -0.15) is 9.90 Å². The lowest BCUT2D eigenvalue weighted by atomic mass is 10.3. The molecule has 0 aliphatic carbocycles. The number of rotatable bonds is 5. The zero-order valence-electron chi connectivity index (χ0n) is 14.4. The molecule has 3 aromatic rings. The van der Waals surface area contributed by atoms with Crippen molar-refractivity contribution in [1.29, 1.82) is 0 Å². The Hall–Kier alpha value is -3.33. The number of anilines is 1. The molecule has 0 atom stereocenters. The van der Waals surface area contributed by atoms with Crippen molar-refractivity contribution in [3.05, 3.63) is 70.5 Å². The number of hydrogen-bond acceptors (Lipinski definition) is 5. The second kappa shape index (κ2) is 8.13. The molecule has 7 nitrogen and oxygen atoms in total. The monoisotopic (exact) mass is 406 g/mol. The number of amides is 1. The lowest BCUT2D eigenvalue weighted by Crippen LogP contribution is -2.22. The summed E-state index contributed by atoms with van der Waals surface area (Å²) in [4.78, 5) is 25.2. The molecule has 0 saturated heterocycles. The van der Waals surface area contributed by atoms with E-state index in [1.54, 1.807) is 31.2 Å². The highest BCUT2D eigenvalue weighted by Crippen LogP contribution is 2.16. The van der Waals surface area contributed by atoms with Gasteiger partial charge < -0.3 is 10.1 Å². The van der Waals surface area contributed by atoms with E-state index in [1.165, 1.54) is 4.80 Å². The summed E-state index contributed by atoms with van der Waals surface area (Å²) < 4.78 is 31.3. The molecule has 0 unspecified atom stereocenters. The Balaban J connectivity index is 1.64. The van der Waals surface area contributed by atoms with Crippen molar-refractivity contribution in [2.45, 2.75) is 6.92 Å². The summed E-state index contributed by atoms with van der Waals surface area (Å²) in [5.74, 6) is -3.39. The molecule has 1 amide bonds. The van der Waals surface area contributed by atoms with Gasteiger partial charge in [-0.05, 0) is 37.3 Å². The molecule has 0 bridgehead atoms. The van der Waals surface area contributed by atoms with E-state index in [1.807, 2.05) is 0 Å². The smallest absolute Gasteiger partial charge is 0.361 e. The summed E-state index contributed by atoms with van der Waals surface area (Å²) in [6, 6.07) is 9.37. The standard InChI is InChI=1S/C18H13ClF2N4O3/c1-10-17(24-25(23-10)13-4-2-3-11(19)7-13)18(27)28-9-16(26)22-15-6-5-12(20)8-14(15)21/h2-8H,9H2,1H3,(H,22,26). The van der Waals surface area contributed by atoms with Crippen LogP contribution in [0.4, 0.5) is 14.5 Å². The minimum absolute atomic E-state index is 0.0826. The van der Waals surface area contributed by atoms with Gasteiger partial charge in [0, 0.05) is 11.1 Å². The summed E-state index contributed by atoms with van der Waals surface area (Å²) >= 11 is 5.92. The fourth-order valence-corrected chi connectivity index (χ4v) is 2.44. The fraction of sp³-hybridized carbons (Fsp3) is 0.111. The van der Waals surface area contributed by atoms with Crippen molar-refractivity contribution < 1.29 is 23.1 Å². The number of halogens is 3. The molecule has 10 heteroatoms. The van der Waals surface area contributed by atoms with Crippen LogP contribution in [0, 0.1) is 18.6 Å². The van der Waals surface area contributed by atoms with Crippen LogP contribution in [0.15, 0.2) is 42.5 Å². The quantitative estimate of drug-likeness (QED) is 0.657. The second-order valence-electron chi connectivity index (χ2n) is 5.65. The Bertz CT molecular complexity index is 1060. The maximum Gasteiger partial charge on any atom is 0.361 e. The van der Waals surface area contributed by atoms with Crippen molar-refractivity contribution in [1.82, 2.24) is 15.0 Å². The number of carbonyl (C=O) groups is 2. The highest BCUT2D eigenvalue weighted by molar-refractivity contribution is 6.30. The Labute approximate surface area is 162 Å². The van der Waals surface area contributed by atoms with Gasteiger partial charge in [0.15, 0.2) is 12.3 Å². The van der Waals surface area contributed by atoms with Crippen LogP contribution >= 0.6 is 11.6 Å². The van der Waals surface area contributed by atoms with Gasteiger partial charge in [-0.15, -0.1) is 5.10 Å². The first-order chi connectivity index (χ1) is 13.3. The number of ether oxygens (including phenoxy) is 1. The molecular weight excluding hydrogens is 394 g/mol. The Morgan fingerprint density at radius 1 is 1.18 bits per heavy atom. The Kier molecular flexibility index (Phi) is 5.65. The topological polar surface area (TPSA) is 86.1 Å². The highest BCUT2D eigenvalue weighted by atomic mass is 35.5. The maximum atomic E-state index is 13.5. The van der Waals surface area contributed by atoms with Crippen molar-refractivity contribution >= 4 is 29.2 Å². The van der Waals surface area contributed by atoms with Crippen LogP contribution in [0.1, 0.15) is 16.2 Å². The van der Waals surface area contributed by atoms with Gasteiger partial charge >= 0.3 is 5.97 Å². The first-order valence-corrected chi connectivity index (χ1v) is 8.33. The Morgan fingerprint density at radius 3 is 2.68 bits per heavy atom. The molecule has 0 aliphatic heterocycles. The third-order valence-corrected chi connectivity index (χ3v) is 3.79. The van der Waals surface area contributed by atoms with E-state index in [0.717, 1.165) is 12.1 Å². The van der Waals surface area contributed by atoms with E-state index >= 15 is 0 Å². The lowest BCUT2D eigenvalue weighted by Gasteiger charge is -2.07. The molecule has 144 valence electrons. The predicted octanol–water partition coefficient (Wildman–Crippen LogP) is 3.30. The van der Waals surface area contributed by atoms with Gasteiger partial charge in [0.05, 0.1) is 17.1 Å². The fourth-order valence-electron chi connectivity index (χ4n) is 2.26. The van der Waals surface area contributed by atoms with Crippen LogP contribution < -0.4 is 5.32 Å². The maximum absolute atomic E-state index is 13.5. The number of carbonyl (C=O) groups excluding carboxylic acids is 2. The van der Waals surface area contributed by atoms with Gasteiger partial charge in [-0.3, -0.25) is 4.79 Å². The predicted molar refractivity (Wildman–Crippen MR) is 96.4 cm³/mol. The van der Waals surface area contributed by atoms with Crippen LogP contribution in [-0.4, -0.2) is 33.5 Å². The summed E-state index contributed by atoms with van der Waals surface area (Å²) in [6.07, 6.45) is 0. The number of esters is 1. The summed E-state index contributed by atoms with van der Waals surface area (Å²) in [6.45, 7) is 0.873. The number of benzene rings is 2. The van der Waals surface area contributed by atoms with Crippen LogP contribution in [0.5, 0.6) is 0 Å². The van der Waals surface area contributed by atoms with E-state index in [2.05, 4.69) is 15.5 Å². The minimum Gasteiger partial charge on any atom is -0.451 e. The van der Waals surface area contributed by atoms with E-state index in [0.29, 0.717) is 16.8 Å². The summed E-state index contributed by atoms with van der Waals surface area (Å²) in [5, 5.41) is 10.8. The molecule has 0 radical (unpaired) electrons. The van der Waals surface area contributed by atoms with Gasteiger partial charge in [-0.1, -0.05) is 17.7 Å². The van der Waals surface area contributed by atoms with Crippen molar-refractivity contribution in [2.24, 2.45) is 0 Å². The van der Waals surface area contributed by atoms with E-state index in [9.17, 15) is 18.4 Å². The molecule has 3 rings (SSSR count). The molecule has 0 fully saturated rings. The highest BCUT2D eigenvalue weighted by Gasteiger charge is 2.19. The SMILES string of the molecule is Cc1nn(-c2cccc(Cl)c2)nc1C(=O)OCC(=O)Nc1ccc(F)cc1F. The van der Waals surface area contributed by atoms with Crippen molar-refractivity contribution in [3.63, 3.8) is 0 Å².